The average molecular weight is 381 g/mol. The number of carbonyl (C=O) groups is 1. The minimum atomic E-state index is 0.131. The first-order chi connectivity index (χ1) is 13.7. The monoisotopic (exact) mass is 381 g/mol. The van der Waals surface area contributed by atoms with Crippen molar-refractivity contribution in [3.05, 3.63) is 36.4 Å². The van der Waals surface area contributed by atoms with Crippen LogP contribution in [0.1, 0.15) is 19.8 Å². The lowest BCUT2D eigenvalue weighted by molar-refractivity contribution is -0.129. The Bertz CT molecular complexity index is 800. The van der Waals surface area contributed by atoms with E-state index in [9.17, 15) is 4.79 Å². The summed E-state index contributed by atoms with van der Waals surface area (Å²) in [6, 6.07) is 12.0. The molecule has 7 nitrogen and oxygen atoms in total. The zero-order valence-corrected chi connectivity index (χ0v) is 16.3. The first-order valence-electron chi connectivity index (χ1n) is 9.99. The van der Waals surface area contributed by atoms with E-state index in [0.29, 0.717) is 5.82 Å². The third-order valence-electron chi connectivity index (χ3n) is 5.33. The fraction of sp³-hybridized carbons (Fsp3) is 0.476. The first kappa shape index (κ1) is 18.7. The second-order valence-electron chi connectivity index (χ2n) is 7.31. The van der Waals surface area contributed by atoms with Gasteiger partial charge in [-0.05, 0) is 12.8 Å². The van der Waals surface area contributed by atoms with Gasteiger partial charge in [0.05, 0.1) is 6.10 Å². The average Bonchev–Trinajstić information content (AvgIpc) is 3.26. The van der Waals surface area contributed by atoms with Crippen molar-refractivity contribution in [1.82, 2.24) is 14.9 Å². The van der Waals surface area contributed by atoms with Crippen LogP contribution in [-0.4, -0.2) is 66.2 Å². The Hall–Kier alpha value is -2.67. The van der Waals surface area contributed by atoms with Crippen LogP contribution < -0.4 is 10.2 Å². The lowest BCUT2D eigenvalue weighted by Gasteiger charge is -2.35. The number of amides is 1. The molecule has 2 aliphatic heterocycles. The third kappa shape index (κ3) is 4.42. The Morgan fingerprint density at radius 3 is 2.64 bits per heavy atom. The molecular formula is C21H27N5O2. The maximum Gasteiger partial charge on any atom is 0.219 e. The van der Waals surface area contributed by atoms with Crippen LogP contribution in [0, 0.1) is 0 Å². The minimum Gasteiger partial charge on any atom is -0.376 e. The topological polar surface area (TPSA) is 70.6 Å². The van der Waals surface area contributed by atoms with E-state index in [1.165, 1.54) is 0 Å². The van der Waals surface area contributed by atoms with Gasteiger partial charge in [0.2, 0.25) is 5.91 Å². The standard InChI is InChI=1S/C21H27N5O2/c1-16(27)25-9-11-26(12-10-25)20-14-19(22-15-18-8-5-13-28-18)23-21(24-20)17-6-3-2-4-7-17/h2-4,6-7,14,18H,5,8-13,15H2,1H3,(H,22,23,24). The number of carbonyl (C=O) groups excluding carboxylic acids is 1. The van der Waals surface area contributed by atoms with E-state index in [4.69, 9.17) is 14.7 Å². The molecule has 1 unspecified atom stereocenters. The van der Waals surface area contributed by atoms with Crippen molar-refractivity contribution in [3.63, 3.8) is 0 Å². The zero-order chi connectivity index (χ0) is 19.3. The number of aromatic nitrogens is 2. The predicted molar refractivity (Wildman–Crippen MR) is 109 cm³/mol. The highest BCUT2D eigenvalue weighted by Gasteiger charge is 2.21. The van der Waals surface area contributed by atoms with Crippen molar-refractivity contribution in [3.8, 4) is 11.4 Å². The van der Waals surface area contributed by atoms with E-state index in [2.05, 4.69) is 10.2 Å². The number of nitrogens with zero attached hydrogens (tertiary/aromatic N) is 4. The van der Waals surface area contributed by atoms with Crippen molar-refractivity contribution in [1.29, 1.82) is 0 Å². The van der Waals surface area contributed by atoms with E-state index in [1.54, 1.807) is 6.92 Å². The largest absolute Gasteiger partial charge is 0.376 e. The molecule has 2 fully saturated rings. The van der Waals surface area contributed by atoms with E-state index >= 15 is 0 Å². The van der Waals surface area contributed by atoms with Crippen LogP contribution in [-0.2, 0) is 9.53 Å². The van der Waals surface area contributed by atoms with Gasteiger partial charge in [-0.1, -0.05) is 30.3 Å². The smallest absolute Gasteiger partial charge is 0.219 e. The van der Waals surface area contributed by atoms with Gasteiger partial charge < -0.3 is 19.9 Å². The third-order valence-corrected chi connectivity index (χ3v) is 5.33. The van der Waals surface area contributed by atoms with E-state index in [0.717, 1.165) is 69.4 Å². The molecule has 7 heteroatoms. The summed E-state index contributed by atoms with van der Waals surface area (Å²) >= 11 is 0. The number of piperazine rings is 1. The van der Waals surface area contributed by atoms with Gasteiger partial charge in [0, 0.05) is 57.9 Å². The second kappa shape index (κ2) is 8.56. The van der Waals surface area contributed by atoms with Crippen LogP contribution in [0.2, 0.25) is 0 Å². The number of ether oxygens (including phenoxy) is 1. The molecule has 3 heterocycles. The zero-order valence-electron chi connectivity index (χ0n) is 16.3. The minimum absolute atomic E-state index is 0.131. The molecule has 1 N–H and O–H groups in total. The van der Waals surface area contributed by atoms with Crippen LogP contribution in [0.4, 0.5) is 11.6 Å². The van der Waals surface area contributed by atoms with Gasteiger partial charge in [-0.25, -0.2) is 9.97 Å². The summed E-state index contributed by atoms with van der Waals surface area (Å²) in [4.78, 5) is 25.3. The Kier molecular flexibility index (Phi) is 5.71. The molecule has 0 saturated carbocycles. The summed E-state index contributed by atoms with van der Waals surface area (Å²) in [5.41, 5.74) is 0.992. The van der Waals surface area contributed by atoms with Crippen LogP contribution in [0.3, 0.4) is 0 Å². The predicted octanol–water partition coefficient (Wildman–Crippen LogP) is 2.40. The van der Waals surface area contributed by atoms with E-state index < -0.39 is 0 Å². The second-order valence-corrected chi connectivity index (χ2v) is 7.31. The summed E-state index contributed by atoms with van der Waals surface area (Å²) < 4.78 is 5.72. The van der Waals surface area contributed by atoms with Gasteiger partial charge >= 0.3 is 0 Å². The highest BCUT2D eigenvalue weighted by molar-refractivity contribution is 5.73. The highest BCUT2D eigenvalue weighted by atomic mass is 16.5. The molecular weight excluding hydrogens is 354 g/mol. The van der Waals surface area contributed by atoms with Crippen LogP contribution >= 0.6 is 0 Å². The summed E-state index contributed by atoms with van der Waals surface area (Å²) in [7, 11) is 0. The van der Waals surface area contributed by atoms with Gasteiger partial charge in [-0.3, -0.25) is 4.79 Å². The molecule has 2 aliphatic rings. The molecule has 0 spiro atoms. The molecule has 4 rings (SSSR count). The molecule has 1 aromatic heterocycles. The summed E-state index contributed by atoms with van der Waals surface area (Å²) in [5, 5.41) is 3.44. The Balaban J connectivity index is 1.55. The summed E-state index contributed by atoms with van der Waals surface area (Å²) in [6.07, 6.45) is 2.46. The molecule has 0 radical (unpaired) electrons. The van der Waals surface area contributed by atoms with Crippen LogP contribution in [0.25, 0.3) is 11.4 Å². The molecule has 1 amide bonds. The fourth-order valence-electron chi connectivity index (χ4n) is 3.68. The van der Waals surface area contributed by atoms with E-state index in [-0.39, 0.29) is 12.0 Å². The molecule has 1 aromatic carbocycles. The maximum absolute atomic E-state index is 11.6. The number of nitrogens with one attached hydrogen (secondary N) is 1. The normalized spacial score (nSPS) is 19.7. The molecule has 1 atom stereocenters. The quantitative estimate of drug-likeness (QED) is 0.858. The van der Waals surface area contributed by atoms with Crippen molar-refractivity contribution in [2.24, 2.45) is 0 Å². The number of benzene rings is 1. The van der Waals surface area contributed by atoms with Crippen molar-refractivity contribution >= 4 is 17.5 Å². The Labute approximate surface area is 165 Å². The van der Waals surface area contributed by atoms with Gasteiger partial charge in [-0.2, -0.15) is 0 Å². The van der Waals surface area contributed by atoms with E-state index in [1.807, 2.05) is 41.3 Å². The van der Waals surface area contributed by atoms with Crippen molar-refractivity contribution < 1.29 is 9.53 Å². The molecule has 2 saturated heterocycles. The lowest BCUT2D eigenvalue weighted by atomic mass is 10.2. The van der Waals surface area contributed by atoms with Gasteiger partial charge in [0.1, 0.15) is 11.6 Å². The molecule has 148 valence electrons. The van der Waals surface area contributed by atoms with Crippen molar-refractivity contribution in [2.45, 2.75) is 25.9 Å². The number of hydrogen-bond acceptors (Lipinski definition) is 6. The first-order valence-corrected chi connectivity index (χ1v) is 9.99. The van der Waals surface area contributed by atoms with Crippen LogP contribution in [0.15, 0.2) is 36.4 Å². The molecule has 28 heavy (non-hydrogen) atoms. The van der Waals surface area contributed by atoms with Crippen LogP contribution in [0.5, 0.6) is 0 Å². The Morgan fingerprint density at radius 2 is 1.96 bits per heavy atom. The van der Waals surface area contributed by atoms with Crippen molar-refractivity contribution in [2.75, 3.05) is 49.5 Å². The fourth-order valence-corrected chi connectivity index (χ4v) is 3.68. The number of anilines is 2. The van der Waals surface area contributed by atoms with Gasteiger partial charge in [0.25, 0.3) is 0 Å². The summed E-state index contributed by atoms with van der Waals surface area (Å²) in [5.74, 6) is 2.55. The highest BCUT2D eigenvalue weighted by Crippen LogP contribution is 2.24. The Morgan fingerprint density at radius 1 is 1.18 bits per heavy atom. The SMILES string of the molecule is CC(=O)N1CCN(c2cc(NCC3CCCO3)nc(-c3ccccc3)n2)CC1. The molecule has 2 aromatic rings. The lowest BCUT2D eigenvalue weighted by Crippen LogP contribution is -2.48. The molecule has 0 aliphatic carbocycles. The number of rotatable bonds is 5. The van der Waals surface area contributed by atoms with Gasteiger partial charge in [-0.15, -0.1) is 0 Å². The summed E-state index contributed by atoms with van der Waals surface area (Å²) in [6.45, 7) is 6.21. The molecule has 0 bridgehead atoms. The maximum atomic E-state index is 11.6. The van der Waals surface area contributed by atoms with Gasteiger partial charge in [0.15, 0.2) is 5.82 Å². The number of hydrogen-bond donors (Lipinski definition) is 1.